The van der Waals surface area contributed by atoms with Crippen molar-refractivity contribution in [1.82, 2.24) is 15.1 Å². The van der Waals surface area contributed by atoms with Gasteiger partial charge in [0.05, 0.1) is 17.7 Å². The van der Waals surface area contributed by atoms with Gasteiger partial charge in [-0.05, 0) is 28.8 Å². The van der Waals surface area contributed by atoms with E-state index in [0.717, 1.165) is 22.3 Å². The number of carbonyl (C=O) groups is 1. The van der Waals surface area contributed by atoms with Crippen LogP contribution in [0.5, 0.6) is 0 Å². The molecule has 0 aliphatic rings. The molecule has 0 fully saturated rings. The third-order valence-corrected chi connectivity index (χ3v) is 5.73. The number of amides is 1. The molecule has 1 N–H and O–H groups in total. The van der Waals surface area contributed by atoms with Gasteiger partial charge in [0.15, 0.2) is 0 Å². The lowest BCUT2D eigenvalue weighted by molar-refractivity contribution is -0.115. The van der Waals surface area contributed by atoms with Gasteiger partial charge in [-0.3, -0.25) is 10.1 Å². The molecule has 0 radical (unpaired) electrons. The summed E-state index contributed by atoms with van der Waals surface area (Å²) in [5.41, 5.74) is 5.52. The largest absolute Gasteiger partial charge is 0.337 e. The van der Waals surface area contributed by atoms with E-state index in [4.69, 9.17) is 16.1 Å². The second kappa shape index (κ2) is 9.68. The second-order valence-electron chi connectivity index (χ2n) is 7.59. The number of nitrogens with one attached hydrogen (secondary N) is 1. The van der Waals surface area contributed by atoms with Crippen molar-refractivity contribution in [2.45, 2.75) is 6.42 Å². The van der Waals surface area contributed by atoms with Crippen LogP contribution in [-0.4, -0.2) is 21.0 Å². The van der Waals surface area contributed by atoms with Crippen molar-refractivity contribution in [3.8, 4) is 33.6 Å². The molecule has 2 aromatic heterocycles. The van der Waals surface area contributed by atoms with E-state index >= 15 is 0 Å². The van der Waals surface area contributed by atoms with Gasteiger partial charge in [-0.25, -0.2) is 9.97 Å². The van der Waals surface area contributed by atoms with E-state index in [2.05, 4.69) is 32.6 Å². The number of benzene rings is 3. The zero-order valence-electron chi connectivity index (χ0n) is 18.0. The van der Waals surface area contributed by atoms with Gasteiger partial charge < -0.3 is 4.52 Å². The zero-order valence-corrected chi connectivity index (χ0v) is 18.7. The van der Waals surface area contributed by atoms with Gasteiger partial charge in [-0.1, -0.05) is 89.6 Å². The van der Waals surface area contributed by atoms with Crippen LogP contribution >= 0.6 is 11.6 Å². The van der Waals surface area contributed by atoms with Gasteiger partial charge in [0, 0.05) is 16.8 Å². The van der Waals surface area contributed by atoms with Crippen molar-refractivity contribution in [3.05, 3.63) is 108 Å². The summed E-state index contributed by atoms with van der Waals surface area (Å²) in [4.78, 5) is 21.1. The molecule has 2 heterocycles. The summed E-state index contributed by atoms with van der Waals surface area (Å²) in [6.45, 7) is 0. The highest BCUT2D eigenvalue weighted by atomic mass is 35.5. The summed E-state index contributed by atoms with van der Waals surface area (Å²) in [7, 11) is 0. The van der Waals surface area contributed by atoms with Gasteiger partial charge in [0.2, 0.25) is 11.8 Å². The molecule has 5 rings (SSSR count). The van der Waals surface area contributed by atoms with Crippen LogP contribution < -0.4 is 5.32 Å². The van der Waals surface area contributed by atoms with E-state index in [-0.39, 0.29) is 18.2 Å². The van der Waals surface area contributed by atoms with E-state index in [0.29, 0.717) is 22.0 Å². The van der Waals surface area contributed by atoms with E-state index in [9.17, 15) is 4.79 Å². The van der Waals surface area contributed by atoms with Crippen molar-refractivity contribution < 1.29 is 9.32 Å². The summed E-state index contributed by atoms with van der Waals surface area (Å²) in [5, 5.41) is 7.62. The molecule has 0 saturated carbocycles. The molecule has 6 nitrogen and oxygen atoms in total. The van der Waals surface area contributed by atoms with E-state index < -0.39 is 0 Å². The molecule has 0 spiro atoms. The molecule has 1 amide bonds. The quantitative estimate of drug-likeness (QED) is 0.317. The smallest absolute Gasteiger partial charge is 0.241 e. The summed E-state index contributed by atoms with van der Waals surface area (Å²) < 4.78 is 5.58. The predicted molar refractivity (Wildman–Crippen MR) is 132 cm³/mol. The molecule has 166 valence electrons. The molecule has 0 unspecified atom stereocenters. The van der Waals surface area contributed by atoms with Crippen molar-refractivity contribution in [2.24, 2.45) is 0 Å². The first-order valence-electron chi connectivity index (χ1n) is 10.6. The zero-order chi connectivity index (χ0) is 23.3. The molecule has 0 aliphatic carbocycles. The van der Waals surface area contributed by atoms with Crippen LogP contribution in [0.1, 0.15) is 5.56 Å². The summed E-state index contributed by atoms with van der Waals surface area (Å²) in [6, 6.07) is 27.1. The maximum absolute atomic E-state index is 12.8. The molecular weight excluding hydrogens is 448 g/mol. The first kappa shape index (κ1) is 21.6. The van der Waals surface area contributed by atoms with E-state index in [1.54, 1.807) is 18.3 Å². The lowest BCUT2D eigenvalue weighted by Gasteiger charge is -2.07. The normalized spacial score (nSPS) is 10.7. The SMILES string of the molecule is O=C(Cc1ccccc1Cl)Nc1onc(-c2ccc(-c3ccccc3)cc2)c1-c1ccncn1. The molecule has 0 aliphatic heterocycles. The van der Waals surface area contributed by atoms with Gasteiger partial charge in [0.25, 0.3) is 0 Å². The number of nitrogens with zero attached hydrogens (tertiary/aromatic N) is 3. The highest BCUT2D eigenvalue weighted by Gasteiger charge is 2.22. The first-order chi connectivity index (χ1) is 16.7. The van der Waals surface area contributed by atoms with Gasteiger partial charge in [0.1, 0.15) is 12.0 Å². The maximum atomic E-state index is 12.8. The Labute approximate surface area is 201 Å². The van der Waals surface area contributed by atoms with Gasteiger partial charge >= 0.3 is 0 Å². The predicted octanol–water partition coefficient (Wildman–Crippen LogP) is 6.30. The molecule has 5 aromatic rings. The Morgan fingerprint density at radius 2 is 1.56 bits per heavy atom. The Kier molecular flexibility index (Phi) is 6.14. The first-order valence-corrected chi connectivity index (χ1v) is 11.0. The topological polar surface area (TPSA) is 80.9 Å². The van der Waals surface area contributed by atoms with Gasteiger partial charge in [-0.15, -0.1) is 0 Å². The van der Waals surface area contributed by atoms with Crippen molar-refractivity contribution >= 4 is 23.4 Å². The maximum Gasteiger partial charge on any atom is 0.241 e. The molecule has 0 atom stereocenters. The summed E-state index contributed by atoms with van der Waals surface area (Å²) >= 11 is 6.21. The number of halogens is 1. The number of rotatable bonds is 6. The van der Waals surface area contributed by atoms with Crippen LogP contribution in [0.15, 0.2) is 102 Å². The van der Waals surface area contributed by atoms with Crippen molar-refractivity contribution in [1.29, 1.82) is 0 Å². The van der Waals surface area contributed by atoms with Crippen molar-refractivity contribution in [3.63, 3.8) is 0 Å². The van der Waals surface area contributed by atoms with Crippen LogP contribution in [0, 0.1) is 0 Å². The average molecular weight is 467 g/mol. The van der Waals surface area contributed by atoms with Crippen LogP contribution in [-0.2, 0) is 11.2 Å². The van der Waals surface area contributed by atoms with Gasteiger partial charge in [-0.2, -0.15) is 0 Å². The van der Waals surface area contributed by atoms with E-state index in [1.165, 1.54) is 6.33 Å². The minimum atomic E-state index is -0.273. The fraction of sp³-hybridized carbons (Fsp3) is 0.0370. The number of aromatic nitrogens is 3. The summed E-state index contributed by atoms with van der Waals surface area (Å²) in [5.74, 6) is -0.0524. The van der Waals surface area contributed by atoms with Crippen LogP contribution in [0.3, 0.4) is 0 Å². The third-order valence-electron chi connectivity index (χ3n) is 5.36. The highest BCUT2D eigenvalue weighted by Crippen LogP contribution is 2.37. The number of carbonyl (C=O) groups excluding carboxylic acids is 1. The lowest BCUT2D eigenvalue weighted by Crippen LogP contribution is -2.14. The minimum absolute atomic E-state index is 0.102. The number of hydrogen-bond donors (Lipinski definition) is 1. The minimum Gasteiger partial charge on any atom is -0.337 e. The lowest BCUT2D eigenvalue weighted by atomic mass is 10.0. The fourth-order valence-corrected chi connectivity index (χ4v) is 3.89. The highest BCUT2D eigenvalue weighted by molar-refractivity contribution is 6.31. The van der Waals surface area contributed by atoms with E-state index in [1.807, 2.05) is 60.7 Å². The molecule has 3 aromatic carbocycles. The van der Waals surface area contributed by atoms with Crippen molar-refractivity contribution in [2.75, 3.05) is 5.32 Å². The van der Waals surface area contributed by atoms with Crippen LogP contribution in [0.4, 0.5) is 5.88 Å². The number of anilines is 1. The molecule has 0 bridgehead atoms. The third kappa shape index (κ3) is 4.58. The fourth-order valence-electron chi connectivity index (χ4n) is 3.69. The Morgan fingerprint density at radius 3 is 2.29 bits per heavy atom. The van der Waals surface area contributed by atoms with Crippen LogP contribution in [0.25, 0.3) is 33.6 Å². The molecule has 34 heavy (non-hydrogen) atoms. The second-order valence-corrected chi connectivity index (χ2v) is 8.00. The Morgan fingerprint density at radius 1 is 0.853 bits per heavy atom. The Bertz CT molecular complexity index is 1420. The monoisotopic (exact) mass is 466 g/mol. The number of hydrogen-bond acceptors (Lipinski definition) is 5. The Hall–Kier alpha value is -4.29. The molecular formula is C27H19ClN4O2. The standard InChI is InChI=1S/C27H19ClN4O2/c28-22-9-5-4-8-21(22)16-24(33)31-27-25(23-14-15-29-17-30-23)26(32-34-27)20-12-10-19(11-13-20)18-6-2-1-3-7-18/h1-15,17H,16H2,(H,31,33). The summed E-state index contributed by atoms with van der Waals surface area (Å²) in [6.07, 6.45) is 3.18. The Balaban J connectivity index is 1.48. The molecule has 7 heteroatoms. The molecule has 0 saturated heterocycles. The average Bonchev–Trinajstić information content (AvgIpc) is 3.30. The van der Waals surface area contributed by atoms with Crippen LogP contribution in [0.2, 0.25) is 5.02 Å².